The minimum Gasteiger partial charge on any atom is -0.400 e. The molecule has 0 radical (unpaired) electrons. The topological polar surface area (TPSA) is 49.7 Å². The van der Waals surface area contributed by atoms with E-state index in [0.717, 1.165) is 20.1 Å². The van der Waals surface area contributed by atoms with Crippen molar-refractivity contribution in [1.29, 1.82) is 0 Å². The van der Waals surface area contributed by atoms with Crippen molar-refractivity contribution in [2.24, 2.45) is 0 Å². The molecule has 0 unspecified atom stereocenters. The number of ether oxygens (including phenoxy) is 1. The van der Waals surface area contributed by atoms with Crippen LogP contribution in [0.15, 0.2) is 0 Å². The highest BCUT2D eigenvalue weighted by molar-refractivity contribution is 4.38. The zero-order valence-electron chi connectivity index (χ0n) is 8.25. The van der Waals surface area contributed by atoms with Crippen molar-refractivity contribution in [3.8, 4) is 0 Å². The van der Waals surface area contributed by atoms with Gasteiger partial charge in [-0.3, -0.25) is 0 Å². The molecule has 2 N–H and O–H groups in total. The highest BCUT2D eigenvalue weighted by atomic mass is 16.5. The molecule has 0 bridgehead atoms. The van der Waals surface area contributed by atoms with Gasteiger partial charge in [-0.2, -0.15) is 0 Å². The molecule has 0 heterocycles. The number of hydrogen-bond acceptors (Lipinski definition) is 3. The Morgan fingerprint density at radius 2 is 1.67 bits per heavy atom. The molecule has 0 aromatic heterocycles. The fourth-order valence-electron chi connectivity index (χ4n) is 0.798. The summed E-state index contributed by atoms with van der Waals surface area (Å²) < 4.78 is 5.08. The van der Waals surface area contributed by atoms with Crippen LogP contribution in [0.5, 0.6) is 0 Å². The molecule has 0 saturated heterocycles. The summed E-state index contributed by atoms with van der Waals surface area (Å²) in [6.07, 6.45) is 4.94. The van der Waals surface area contributed by atoms with E-state index in [0.29, 0.717) is 6.61 Å². The Balaban J connectivity index is 0. The Morgan fingerprint density at radius 3 is 2.17 bits per heavy atom. The molecule has 76 valence electrons. The third-order valence-corrected chi connectivity index (χ3v) is 1.38. The van der Waals surface area contributed by atoms with Gasteiger partial charge >= 0.3 is 0 Å². The van der Waals surface area contributed by atoms with Gasteiger partial charge in [-0.1, -0.05) is 26.2 Å². The van der Waals surface area contributed by atoms with Gasteiger partial charge in [-0.15, -0.1) is 0 Å². The van der Waals surface area contributed by atoms with Crippen molar-refractivity contribution < 1.29 is 14.9 Å². The lowest BCUT2D eigenvalue weighted by Crippen LogP contribution is -2.00. The Kier molecular flexibility index (Phi) is 20.5. The molecule has 0 fully saturated rings. The molecular weight excluding hydrogens is 156 g/mol. The van der Waals surface area contributed by atoms with Gasteiger partial charge in [0.15, 0.2) is 0 Å². The van der Waals surface area contributed by atoms with E-state index in [9.17, 15) is 0 Å². The summed E-state index contributed by atoms with van der Waals surface area (Å²) in [5.41, 5.74) is 0. The first-order chi connectivity index (χ1) is 5.91. The van der Waals surface area contributed by atoms with E-state index in [2.05, 4.69) is 6.92 Å². The monoisotopic (exact) mass is 178 g/mol. The van der Waals surface area contributed by atoms with Crippen LogP contribution in [0, 0.1) is 0 Å². The first-order valence-electron chi connectivity index (χ1n) is 4.55. The third-order valence-electron chi connectivity index (χ3n) is 1.38. The molecule has 0 spiro atoms. The highest BCUT2D eigenvalue weighted by Crippen LogP contribution is 1.98. The fourth-order valence-corrected chi connectivity index (χ4v) is 0.798. The van der Waals surface area contributed by atoms with E-state index in [1.54, 1.807) is 0 Å². The Bertz CT molecular complexity index is 49.7. The van der Waals surface area contributed by atoms with Crippen LogP contribution in [0.2, 0.25) is 0 Å². The number of aliphatic hydroxyl groups is 2. The van der Waals surface area contributed by atoms with Crippen LogP contribution in [0.1, 0.15) is 32.6 Å². The van der Waals surface area contributed by atoms with Gasteiger partial charge in [0.2, 0.25) is 0 Å². The summed E-state index contributed by atoms with van der Waals surface area (Å²) in [5, 5.41) is 15.3. The Hall–Kier alpha value is -0.120. The maximum atomic E-state index is 8.34. The molecule has 0 aromatic carbocycles. The van der Waals surface area contributed by atoms with E-state index < -0.39 is 0 Å². The standard InChI is InChI=1S/C8H18O2.CH4O/c1-2-3-4-5-7-10-8-6-9;1-2/h9H,2-8H2,1H3;2H,1H3. The molecule has 0 aliphatic rings. The summed E-state index contributed by atoms with van der Waals surface area (Å²) in [6.45, 7) is 3.63. The van der Waals surface area contributed by atoms with Crippen LogP contribution in [-0.2, 0) is 4.74 Å². The van der Waals surface area contributed by atoms with Gasteiger partial charge in [0.25, 0.3) is 0 Å². The molecule has 0 aliphatic carbocycles. The van der Waals surface area contributed by atoms with E-state index in [1.807, 2.05) is 0 Å². The molecule has 3 heteroatoms. The maximum Gasteiger partial charge on any atom is 0.0697 e. The zero-order valence-corrected chi connectivity index (χ0v) is 8.25. The SMILES string of the molecule is CCCCCCOCCO.CO. The summed E-state index contributed by atoms with van der Waals surface area (Å²) in [7, 11) is 1.00. The van der Waals surface area contributed by atoms with Crippen molar-refractivity contribution in [2.45, 2.75) is 32.6 Å². The van der Waals surface area contributed by atoms with E-state index in [4.69, 9.17) is 14.9 Å². The summed E-state index contributed by atoms with van der Waals surface area (Å²) in [5.74, 6) is 0. The lowest BCUT2D eigenvalue weighted by atomic mass is 10.2. The Morgan fingerprint density at radius 1 is 1.00 bits per heavy atom. The smallest absolute Gasteiger partial charge is 0.0697 e. The minimum atomic E-state index is 0.147. The predicted octanol–water partition coefficient (Wildman–Crippen LogP) is 1.18. The van der Waals surface area contributed by atoms with Gasteiger partial charge in [-0.05, 0) is 6.42 Å². The van der Waals surface area contributed by atoms with Crippen LogP contribution in [0.4, 0.5) is 0 Å². The van der Waals surface area contributed by atoms with Gasteiger partial charge in [0.05, 0.1) is 13.2 Å². The summed E-state index contributed by atoms with van der Waals surface area (Å²) >= 11 is 0. The van der Waals surface area contributed by atoms with Gasteiger partial charge in [0.1, 0.15) is 0 Å². The largest absolute Gasteiger partial charge is 0.400 e. The average molecular weight is 178 g/mol. The first-order valence-corrected chi connectivity index (χ1v) is 4.55. The molecule has 0 aromatic rings. The summed E-state index contributed by atoms with van der Waals surface area (Å²) in [4.78, 5) is 0. The lowest BCUT2D eigenvalue weighted by molar-refractivity contribution is 0.0896. The molecule has 0 saturated carbocycles. The van der Waals surface area contributed by atoms with Gasteiger partial charge in [-0.25, -0.2) is 0 Å². The lowest BCUT2D eigenvalue weighted by Gasteiger charge is -2.00. The predicted molar refractivity (Wildman–Crippen MR) is 50.2 cm³/mol. The van der Waals surface area contributed by atoms with Crippen LogP contribution < -0.4 is 0 Å². The minimum absolute atomic E-state index is 0.147. The fraction of sp³-hybridized carbons (Fsp3) is 1.00. The van der Waals surface area contributed by atoms with Crippen LogP contribution in [-0.4, -0.2) is 37.1 Å². The van der Waals surface area contributed by atoms with Crippen molar-refractivity contribution in [3.63, 3.8) is 0 Å². The van der Waals surface area contributed by atoms with Crippen LogP contribution in [0.25, 0.3) is 0 Å². The molecular formula is C9H22O3. The first kappa shape index (κ1) is 14.4. The van der Waals surface area contributed by atoms with E-state index >= 15 is 0 Å². The van der Waals surface area contributed by atoms with Gasteiger partial charge in [0, 0.05) is 13.7 Å². The number of aliphatic hydroxyl groups excluding tert-OH is 2. The van der Waals surface area contributed by atoms with Crippen molar-refractivity contribution in [3.05, 3.63) is 0 Å². The van der Waals surface area contributed by atoms with Crippen molar-refractivity contribution >= 4 is 0 Å². The highest BCUT2D eigenvalue weighted by Gasteiger charge is 1.87. The number of unbranched alkanes of at least 4 members (excludes halogenated alkanes) is 3. The van der Waals surface area contributed by atoms with E-state index in [1.165, 1.54) is 19.3 Å². The summed E-state index contributed by atoms with van der Waals surface area (Å²) in [6, 6.07) is 0. The van der Waals surface area contributed by atoms with Crippen LogP contribution >= 0.6 is 0 Å². The second-order valence-corrected chi connectivity index (χ2v) is 2.40. The normalized spacial score (nSPS) is 9.00. The second kappa shape index (κ2) is 17.1. The zero-order chi connectivity index (χ0) is 9.66. The average Bonchev–Trinajstić information content (AvgIpc) is 2.15. The van der Waals surface area contributed by atoms with Crippen LogP contribution in [0.3, 0.4) is 0 Å². The molecule has 3 nitrogen and oxygen atoms in total. The quantitative estimate of drug-likeness (QED) is 0.576. The number of rotatable bonds is 7. The number of hydrogen-bond donors (Lipinski definition) is 2. The third kappa shape index (κ3) is 16.5. The van der Waals surface area contributed by atoms with Crippen molar-refractivity contribution in [2.75, 3.05) is 26.9 Å². The maximum absolute atomic E-state index is 8.34. The molecule has 0 atom stereocenters. The molecule has 12 heavy (non-hydrogen) atoms. The second-order valence-electron chi connectivity index (χ2n) is 2.40. The molecule has 0 amide bonds. The molecule has 0 rings (SSSR count). The van der Waals surface area contributed by atoms with E-state index in [-0.39, 0.29) is 6.61 Å². The van der Waals surface area contributed by atoms with Gasteiger partial charge < -0.3 is 14.9 Å². The van der Waals surface area contributed by atoms with Crippen molar-refractivity contribution in [1.82, 2.24) is 0 Å². The Labute approximate surface area is 75.4 Å². The molecule has 0 aliphatic heterocycles.